The number of fused-ring (bicyclic) bond motifs is 10. The van der Waals surface area contributed by atoms with E-state index in [4.69, 9.17) is 0 Å². The topological polar surface area (TPSA) is 63.9 Å². The summed E-state index contributed by atoms with van der Waals surface area (Å²) in [6, 6.07) is 11.7. The van der Waals surface area contributed by atoms with Crippen molar-refractivity contribution in [1.82, 2.24) is 4.90 Å². The molecule has 3 N–H and O–H groups in total. The zero-order chi connectivity index (χ0) is 30.7. The van der Waals surface area contributed by atoms with Crippen LogP contribution < -0.4 is 0 Å². The van der Waals surface area contributed by atoms with Crippen LogP contribution in [0, 0.1) is 70.5 Å². The van der Waals surface area contributed by atoms with Crippen molar-refractivity contribution >= 4 is 0 Å². The van der Waals surface area contributed by atoms with E-state index in [0.717, 1.165) is 43.4 Å². The minimum atomic E-state index is -0.557. The molecule has 0 amide bonds. The van der Waals surface area contributed by atoms with Crippen LogP contribution in [-0.4, -0.2) is 57.2 Å². The maximum Gasteiger partial charge on any atom is 0.0861 e. The number of aliphatic hydroxyl groups is 3. The van der Waals surface area contributed by atoms with E-state index in [1.807, 2.05) is 0 Å². The molecule has 0 radical (unpaired) electrons. The third-order valence-electron chi connectivity index (χ3n) is 16.9. The summed E-state index contributed by atoms with van der Waals surface area (Å²) in [7, 11) is 0. The first-order valence-electron chi connectivity index (χ1n) is 19.6. The summed E-state index contributed by atoms with van der Waals surface area (Å²) in [6.07, 6.45) is 16.0. The Kier molecular flexibility index (Phi) is 7.40. The third-order valence-corrected chi connectivity index (χ3v) is 16.9. The Morgan fingerprint density at radius 1 is 0.711 bits per heavy atom. The van der Waals surface area contributed by atoms with E-state index >= 15 is 0 Å². The first-order valence-corrected chi connectivity index (χ1v) is 19.6. The van der Waals surface area contributed by atoms with Crippen LogP contribution in [0.4, 0.5) is 0 Å². The molecule has 2 aliphatic heterocycles. The lowest BCUT2D eigenvalue weighted by Crippen LogP contribution is -2.71. The van der Waals surface area contributed by atoms with Crippen LogP contribution in [0.2, 0.25) is 0 Å². The molecule has 4 nitrogen and oxygen atoms in total. The van der Waals surface area contributed by atoms with Gasteiger partial charge < -0.3 is 15.3 Å². The van der Waals surface area contributed by atoms with Gasteiger partial charge in [-0.15, -0.1) is 0 Å². The SMILES string of the molecule is C[C@@H]1CC[C@H]2N(C1)C[C@@H]1C(CC[C@H]3[C@@H]1C[C@@H]1[C@H]3C[C@H](O)[C@@H]3C[C@@H](O)CC[C@]13C)[C@@]2(O)[C@@H]1C[C@@H]2CC[C@@H](c3ccccc3)[C@H](C2)C1. The second-order valence-corrected chi connectivity index (χ2v) is 18.7. The summed E-state index contributed by atoms with van der Waals surface area (Å²) in [6.45, 7) is 7.33. The summed E-state index contributed by atoms with van der Waals surface area (Å²) in [4.78, 5) is 2.84. The van der Waals surface area contributed by atoms with Gasteiger partial charge in [0.05, 0.1) is 17.8 Å². The molecule has 2 bridgehead atoms. The van der Waals surface area contributed by atoms with Gasteiger partial charge in [0.25, 0.3) is 0 Å². The van der Waals surface area contributed by atoms with Gasteiger partial charge in [-0.05, 0) is 172 Å². The normalized spacial score (nSPS) is 55.9. The van der Waals surface area contributed by atoms with Crippen molar-refractivity contribution in [3.8, 4) is 0 Å². The standard InChI is InChI=1S/C41H61NO3/c1-24-8-13-39-41(45,28-17-25-9-10-30(27(16-25)18-28)26-6-4-3-5-7-26)35-12-11-31-32(34(35)23-42(39)22-24)20-36-33(31)21-38(44)37-19-29(43)14-15-40(36,37)2/h3-7,24-25,27-39,43-45H,8-23H2,1-2H3/t24-,25-,27-,28-,29+,30+,31+,32+,33+,34+,35?,36-,37+,38+,39-,40-,41+/m1/s1. The largest absolute Gasteiger partial charge is 0.393 e. The number of rotatable bonds is 2. The maximum atomic E-state index is 13.7. The fraction of sp³-hybridized carbons (Fsp3) is 0.854. The van der Waals surface area contributed by atoms with Gasteiger partial charge in [-0.2, -0.15) is 0 Å². The molecule has 8 aliphatic rings. The average molecular weight is 616 g/mol. The Morgan fingerprint density at radius 3 is 2.40 bits per heavy atom. The predicted molar refractivity (Wildman–Crippen MR) is 178 cm³/mol. The van der Waals surface area contributed by atoms with Crippen molar-refractivity contribution < 1.29 is 15.3 Å². The highest BCUT2D eigenvalue weighted by Crippen LogP contribution is 2.68. The zero-order valence-corrected chi connectivity index (χ0v) is 28.1. The van der Waals surface area contributed by atoms with E-state index in [2.05, 4.69) is 49.1 Å². The highest BCUT2D eigenvalue weighted by Gasteiger charge is 2.66. The molecule has 6 saturated carbocycles. The molecule has 4 heteroatoms. The van der Waals surface area contributed by atoms with Gasteiger partial charge in [0.2, 0.25) is 0 Å². The maximum absolute atomic E-state index is 13.7. The third kappa shape index (κ3) is 4.57. The van der Waals surface area contributed by atoms with E-state index < -0.39 is 5.60 Å². The van der Waals surface area contributed by atoms with Gasteiger partial charge in [0.1, 0.15) is 0 Å². The monoisotopic (exact) mass is 615 g/mol. The molecule has 248 valence electrons. The van der Waals surface area contributed by atoms with Crippen molar-refractivity contribution in [2.75, 3.05) is 13.1 Å². The Bertz CT molecular complexity index is 1240. The van der Waals surface area contributed by atoms with Crippen LogP contribution in [0.15, 0.2) is 30.3 Å². The van der Waals surface area contributed by atoms with Gasteiger partial charge in [-0.25, -0.2) is 0 Å². The molecular formula is C41H61NO3. The number of aliphatic hydroxyl groups excluding tert-OH is 2. The Morgan fingerprint density at radius 2 is 1.56 bits per heavy atom. The van der Waals surface area contributed by atoms with E-state index in [1.54, 1.807) is 5.56 Å². The lowest BCUT2D eigenvalue weighted by molar-refractivity contribution is -0.221. The number of hydrogen-bond acceptors (Lipinski definition) is 4. The van der Waals surface area contributed by atoms with Crippen LogP contribution >= 0.6 is 0 Å². The predicted octanol–water partition coefficient (Wildman–Crippen LogP) is 7.27. The number of hydrogen-bond donors (Lipinski definition) is 3. The van der Waals surface area contributed by atoms with Crippen LogP contribution in [-0.2, 0) is 0 Å². The second kappa shape index (κ2) is 11.0. The van der Waals surface area contributed by atoms with E-state index in [1.165, 1.54) is 77.3 Å². The summed E-state index contributed by atoms with van der Waals surface area (Å²) in [5.41, 5.74) is 1.15. The van der Waals surface area contributed by atoms with Crippen LogP contribution in [0.3, 0.4) is 0 Å². The zero-order valence-electron chi connectivity index (χ0n) is 28.1. The van der Waals surface area contributed by atoms with Crippen molar-refractivity contribution in [3.63, 3.8) is 0 Å². The molecule has 17 atom stereocenters. The van der Waals surface area contributed by atoms with Gasteiger partial charge in [0, 0.05) is 19.1 Å². The van der Waals surface area contributed by atoms with Crippen LogP contribution in [0.5, 0.6) is 0 Å². The second-order valence-electron chi connectivity index (χ2n) is 18.7. The van der Waals surface area contributed by atoms with Crippen molar-refractivity contribution in [1.29, 1.82) is 0 Å². The first kappa shape index (κ1) is 30.1. The quantitative estimate of drug-likeness (QED) is 0.328. The van der Waals surface area contributed by atoms with E-state index in [0.29, 0.717) is 53.4 Å². The van der Waals surface area contributed by atoms with Gasteiger partial charge in [0.15, 0.2) is 0 Å². The van der Waals surface area contributed by atoms with Crippen LogP contribution in [0.25, 0.3) is 0 Å². The number of nitrogens with zero attached hydrogens (tertiary/aromatic N) is 1. The van der Waals surface area contributed by atoms with Crippen molar-refractivity contribution in [2.24, 2.45) is 70.5 Å². The summed E-state index contributed by atoms with van der Waals surface area (Å²) >= 11 is 0. The molecule has 2 saturated heterocycles. The Hall–Kier alpha value is -0.940. The molecule has 1 aromatic rings. The molecule has 0 spiro atoms. The molecule has 6 aliphatic carbocycles. The molecule has 0 aromatic heterocycles. The molecule has 45 heavy (non-hydrogen) atoms. The first-order chi connectivity index (χ1) is 21.7. The fourth-order valence-electron chi connectivity index (χ4n) is 15.1. The minimum absolute atomic E-state index is 0.162. The number of piperidine rings is 2. The van der Waals surface area contributed by atoms with Crippen molar-refractivity contribution in [3.05, 3.63) is 35.9 Å². The smallest absolute Gasteiger partial charge is 0.0861 e. The van der Waals surface area contributed by atoms with Gasteiger partial charge in [-0.1, -0.05) is 44.2 Å². The van der Waals surface area contributed by atoms with Gasteiger partial charge in [-0.3, -0.25) is 4.90 Å². The summed E-state index contributed by atoms with van der Waals surface area (Å²) < 4.78 is 0. The molecular weight excluding hydrogens is 554 g/mol. The Labute approximate surface area is 272 Å². The molecule has 1 aromatic carbocycles. The molecule has 1 unspecified atom stereocenters. The van der Waals surface area contributed by atoms with E-state index in [-0.39, 0.29) is 23.5 Å². The number of benzene rings is 1. The fourth-order valence-corrected chi connectivity index (χ4v) is 15.1. The highest BCUT2D eigenvalue weighted by atomic mass is 16.3. The minimum Gasteiger partial charge on any atom is -0.393 e. The van der Waals surface area contributed by atoms with E-state index in [9.17, 15) is 15.3 Å². The lowest BCUT2D eigenvalue weighted by atomic mass is 9.49. The highest BCUT2D eigenvalue weighted by molar-refractivity contribution is 5.23. The molecule has 9 rings (SSSR count). The van der Waals surface area contributed by atoms with Crippen LogP contribution in [0.1, 0.15) is 115 Å². The average Bonchev–Trinajstić information content (AvgIpc) is 3.42. The summed E-state index contributed by atoms with van der Waals surface area (Å²) in [5.74, 6) is 7.35. The summed E-state index contributed by atoms with van der Waals surface area (Å²) in [5, 5.41) is 35.8. The molecule has 2 heterocycles. The molecule has 8 fully saturated rings. The van der Waals surface area contributed by atoms with Gasteiger partial charge >= 0.3 is 0 Å². The van der Waals surface area contributed by atoms with Crippen molar-refractivity contribution in [2.45, 2.75) is 134 Å². The lowest BCUT2D eigenvalue weighted by Gasteiger charge is -2.64. The Balaban J connectivity index is 1.04.